The lowest BCUT2D eigenvalue weighted by Crippen LogP contribution is -2.40. The monoisotopic (exact) mass is 338 g/mol. The van der Waals surface area contributed by atoms with Crippen molar-refractivity contribution in [3.8, 4) is 0 Å². The highest BCUT2D eigenvalue weighted by Gasteiger charge is 2.37. The van der Waals surface area contributed by atoms with Crippen molar-refractivity contribution in [2.24, 2.45) is 11.3 Å². The van der Waals surface area contributed by atoms with E-state index >= 15 is 0 Å². The molecule has 4 nitrogen and oxygen atoms in total. The van der Waals surface area contributed by atoms with Crippen LogP contribution in [0, 0.1) is 11.3 Å². The summed E-state index contributed by atoms with van der Waals surface area (Å²) in [6.45, 7) is 3.60. The van der Waals surface area contributed by atoms with E-state index in [-0.39, 0.29) is 11.9 Å². The van der Waals surface area contributed by atoms with Gasteiger partial charge in [-0.15, -0.1) is 0 Å². The van der Waals surface area contributed by atoms with Gasteiger partial charge in [0.15, 0.2) is 0 Å². The minimum atomic E-state index is 0.117. The number of fused-ring (bicyclic) bond motifs is 1. The standard InChI is InChI=1S/C21H26N2O2/c1-21(9-10-21)8-6-20(24)23-19-14-25-13-16(19)12-15-7-11-22-18-5-3-2-4-17(15)18/h2-5,7,11,16,19H,6,8-10,12-14H2,1H3,(H,23,24)/t16-,19+/m1/s1. The molecule has 1 saturated carbocycles. The number of nitrogens with one attached hydrogen (secondary N) is 1. The molecule has 2 heterocycles. The van der Waals surface area contributed by atoms with Crippen molar-refractivity contribution in [1.82, 2.24) is 10.3 Å². The van der Waals surface area contributed by atoms with E-state index in [9.17, 15) is 4.79 Å². The lowest BCUT2D eigenvalue weighted by atomic mass is 9.93. The SMILES string of the molecule is CC1(CCC(=O)N[C@H]2COC[C@H]2Cc2ccnc3ccccc23)CC1. The third-order valence-corrected chi connectivity index (χ3v) is 5.83. The Kier molecular flexibility index (Phi) is 4.46. The third kappa shape index (κ3) is 3.84. The second kappa shape index (κ2) is 6.75. The summed E-state index contributed by atoms with van der Waals surface area (Å²) in [7, 11) is 0. The summed E-state index contributed by atoms with van der Waals surface area (Å²) in [5.41, 5.74) is 2.74. The molecule has 1 aromatic heterocycles. The summed E-state index contributed by atoms with van der Waals surface area (Å²) in [4.78, 5) is 16.7. The number of aromatic nitrogens is 1. The van der Waals surface area contributed by atoms with Gasteiger partial charge < -0.3 is 10.1 Å². The number of pyridine rings is 1. The van der Waals surface area contributed by atoms with Gasteiger partial charge in [-0.2, -0.15) is 0 Å². The first kappa shape index (κ1) is 16.5. The van der Waals surface area contributed by atoms with E-state index in [0.29, 0.717) is 31.0 Å². The van der Waals surface area contributed by atoms with Crippen LogP contribution in [0.5, 0.6) is 0 Å². The van der Waals surface area contributed by atoms with E-state index < -0.39 is 0 Å². The number of hydrogen-bond donors (Lipinski definition) is 1. The molecule has 2 fully saturated rings. The van der Waals surface area contributed by atoms with Gasteiger partial charge in [-0.05, 0) is 48.8 Å². The van der Waals surface area contributed by atoms with E-state index in [2.05, 4.69) is 35.4 Å². The van der Waals surface area contributed by atoms with Crippen molar-refractivity contribution in [2.75, 3.05) is 13.2 Å². The molecule has 2 aromatic rings. The molecular formula is C21H26N2O2. The normalized spacial score (nSPS) is 24.4. The Bertz CT molecular complexity index is 764. The van der Waals surface area contributed by atoms with Gasteiger partial charge in [0, 0.05) is 23.9 Å². The Morgan fingerprint density at radius 2 is 2.12 bits per heavy atom. The van der Waals surface area contributed by atoms with Crippen LogP contribution in [0.2, 0.25) is 0 Å². The van der Waals surface area contributed by atoms with Gasteiger partial charge in [0.2, 0.25) is 5.91 Å². The fourth-order valence-electron chi connectivity index (χ4n) is 3.73. The molecule has 25 heavy (non-hydrogen) atoms. The van der Waals surface area contributed by atoms with Crippen LogP contribution in [-0.4, -0.2) is 30.1 Å². The minimum Gasteiger partial charge on any atom is -0.379 e. The molecule has 1 amide bonds. The lowest BCUT2D eigenvalue weighted by Gasteiger charge is -2.20. The van der Waals surface area contributed by atoms with E-state index in [4.69, 9.17) is 4.74 Å². The maximum atomic E-state index is 12.3. The smallest absolute Gasteiger partial charge is 0.220 e. The summed E-state index contributed by atoms with van der Waals surface area (Å²) in [6, 6.07) is 10.4. The van der Waals surface area contributed by atoms with Crippen LogP contribution in [0.3, 0.4) is 0 Å². The first-order valence-corrected chi connectivity index (χ1v) is 9.33. The molecule has 0 radical (unpaired) electrons. The molecule has 4 heteroatoms. The van der Waals surface area contributed by atoms with Crippen LogP contribution >= 0.6 is 0 Å². The van der Waals surface area contributed by atoms with Crippen LogP contribution in [0.25, 0.3) is 10.9 Å². The number of hydrogen-bond acceptors (Lipinski definition) is 3. The Morgan fingerprint density at radius 1 is 1.28 bits per heavy atom. The van der Waals surface area contributed by atoms with Gasteiger partial charge in [-0.3, -0.25) is 9.78 Å². The highest BCUT2D eigenvalue weighted by atomic mass is 16.5. The van der Waals surface area contributed by atoms with E-state index in [1.807, 2.05) is 18.3 Å². The van der Waals surface area contributed by atoms with Crippen molar-refractivity contribution >= 4 is 16.8 Å². The Labute approximate surface area is 149 Å². The van der Waals surface area contributed by atoms with Gasteiger partial charge in [0.1, 0.15) is 0 Å². The predicted molar refractivity (Wildman–Crippen MR) is 98.3 cm³/mol. The van der Waals surface area contributed by atoms with Gasteiger partial charge in [-0.1, -0.05) is 25.1 Å². The maximum Gasteiger partial charge on any atom is 0.220 e. The molecule has 2 aliphatic rings. The lowest BCUT2D eigenvalue weighted by molar-refractivity contribution is -0.122. The highest BCUT2D eigenvalue weighted by Crippen LogP contribution is 2.48. The van der Waals surface area contributed by atoms with Gasteiger partial charge in [-0.25, -0.2) is 0 Å². The molecule has 1 aliphatic carbocycles. The van der Waals surface area contributed by atoms with Crippen molar-refractivity contribution in [2.45, 2.75) is 45.1 Å². The topological polar surface area (TPSA) is 51.2 Å². The van der Waals surface area contributed by atoms with Crippen molar-refractivity contribution in [3.05, 3.63) is 42.1 Å². The maximum absolute atomic E-state index is 12.3. The number of benzene rings is 1. The molecule has 4 rings (SSSR count). The minimum absolute atomic E-state index is 0.117. The molecule has 1 aliphatic heterocycles. The van der Waals surface area contributed by atoms with E-state index in [0.717, 1.165) is 18.4 Å². The summed E-state index contributed by atoms with van der Waals surface area (Å²) < 4.78 is 5.68. The number of nitrogens with zero attached hydrogens (tertiary/aromatic N) is 1. The molecule has 1 aromatic carbocycles. The fourth-order valence-corrected chi connectivity index (χ4v) is 3.73. The van der Waals surface area contributed by atoms with Gasteiger partial charge >= 0.3 is 0 Å². The molecule has 0 bridgehead atoms. The average molecular weight is 338 g/mol. The summed E-state index contributed by atoms with van der Waals surface area (Å²) >= 11 is 0. The average Bonchev–Trinajstić information content (AvgIpc) is 3.21. The Morgan fingerprint density at radius 3 is 2.96 bits per heavy atom. The highest BCUT2D eigenvalue weighted by molar-refractivity contribution is 5.82. The molecule has 0 spiro atoms. The number of rotatable bonds is 6. The number of carbonyl (C=O) groups excluding carboxylic acids is 1. The first-order chi connectivity index (χ1) is 12.1. The van der Waals surface area contributed by atoms with Crippen LogP contribution in [0.1, 0.15) is 38.2 Å². The van der Waals surface area contributed by atoms with E-state index in [1.54, 1.807) is 0 Å². The first-order valence-electron chi connectivity index (χ1n) is 9.33. The zero-order valence-electron chi connectivity index (χ0n) is 14.8. The van der Waals surface area contributed by atoms with Crippen LogP contribution < -0.4 is 5.32 Å². The summed E-state index contributed by atoms with van der Waals surface area (Å²) in [5, 5.41) is 4.42. The van der Waals surface area contributed by atoms with Crippen molar-refractivity contribution in [3.63, 3.8) is 0 Å². The molecule has 1 N–H and O–H groups in total. The molecule has 1 saturated heterocycles. The van der Waals surface area contributed by atoms with Crippen LogP contribution in [0.15, 0.2) is 36.5 Å². The van der Waals surface area contributed by atoms with Gasteiger partial charge in [0.05, 0.1) is 24.8 Å². The summed E-state index contributed by atoms with van der Waals surface area (Å²) in [5.74, 6) is 0.500. The molecular weight excluding hydrogens is 312 g/mol. The summed E-state index contributed by atoms with van der Waals surface area (Å²) in [6.07, 6.45) is 6.96. The van der Waals surface area contributed by atoms with Gasteiger partial charge in [0.25, 0.3) is 0 Å². The number of ether oxygens (including phenoxy) is 1. The van der Waals surface area contributed by atoms with E-state index in [1.165, 1.54) is 23.8 Å². The number of carbonyl (C=O) groups is 1. The van der Waals surface area contributed by atoms with Crippen molar-refractivity contribution < 1.29 is 9.53 Å². The Balaban J connectivity index is 1.40. The second-order valence-electron chi connectivity index (χ2n) is 7.97. The zero-order valence-corrected chi connectivity index (χ0v) is 14.8. The third-order valence-electron chi connectivity index (χ3n) is 5.83. The fraction of sp³-hybridized carbons (Fsp3) is 0.524. The molecule has 2 atom stereocenters. The van der Waals surface area contributed by atoms with Crippen molar-refractivity contribution in [1.29, 1.82) is 0 Å². The number of para-hydroxylation sites is 1. The number of amides is 1. The quantitative estimate of drug-likeness (QED) is 0.877. The Hall–Kier alpha value is -1.94. The molecule has 0 unspecified atom stereocenters. The molecule has 132 valence electrons. The van der Waals surface area contributed by atoms with Crippen LogP contribution in [0.4, 0.5) is 0 Å². The zero-order chi connectivity index (χ0) is 17.3. The van der Waals surface area contributed by atoms with Crippen LogP contribution in [-0.2, 0) is 16.0 Å². The predicted octanol–water partition coefficient (Wildman–Crippen LogP) is 3.49. The second-order valence-corrected chi connectivity index (χ2v) is 7.97. The largest absolute Gasteiger partial charge is 0.379 e.